The second-order valence-corrected chi connectivity index (χ2v) is 4.45. The van der Waals surface area contributed by atoms with Gasteiger partial charge in [0.05, 0.1) is 14.2 Å². The largest absolute Gasteiger partial charge is 0.493 e. The molecule has 4 heteroatoms. The predicted octanol–water partition coefficient (Wildman–Crippen LogP) is 3.01. The van der Waals surface area contributed by atoms with Crippen molar-refractivity contribution in [3.63, 3.8) is 0 Å². The van der Waals surface area contributed by atoms with E-state index < -0.39 is 0 Å². The molecule has 0 unspecified atom stereocenters. The van der Waals surface area contributed by atoms with Crippen LogP contribution in [0.1, 0.15) is 5.56 Å². The number of hydrogen-bond donors (Lipinski definition) is 1. The summed E-state index contributed by atoms with van der Waals surface area (Å²) >= 11 is 4.94. The lowest BCUT2D eigenvalue weighted by Gasteiger charge is -2.10. The molecule has 0 radical (unpaired) electrons. The molecule has 0 aliphatic heterocycles. The van der Waals surface area contributed by atoms with Crippen LogP contribution in [0.3, 0.4) is 0 Å². The third-order valence-corrected chi connectivity index (χ3v) is 3.12. The maximum atomic E-state index is 5.58. The Morgan fingerprint density at radius 3 is 2.00 bits per heavy atom. The van der Waals surface area contributed by atoms with Gasteiger partial charge in [-0.15, -0.1) is 0 Å². The summed E-state index contributed by atoms with van der Waals surface area (Å²) in [5, 5.41) is 0. The van der Waals surface area contributed by atoms with Crippen LogP contribution in [0.5, 0.6) is 11.5 Å². The van der Waals surface area contributed by atoms with E-state index in [0.29, 0.717) is 16.5 Å². The maximum absolute atomic E-state index is 5.58. The molecule has 2 aromatic rings. The summed E-state index contributed by atoms with van der Waals surface area (Å²) in [4.78, 5) is 0.402. The van der Waals surface area contributed by atoms with Crippen molar-refractivity contribution in [2.24, 2.45) is 5.73 Å². The lowest BCUT2D eigenvalue weighted by Crippen LogP contribution is -2.08. The fourth-order valence-corrected chi connectivity index (χ4v) is 1.98. The molecule has 0 heterocycles. The van der Waals surface area contributed by atoms with E-state index >= 15 is 0 Å². The Kier molecular flexibility index (Phi) is 4.02. The van der Waals surface area contributed by atoms with Crippen LogP contribution < -0.4 is 15.2 Å². The first-order valence-corrected chi connectivity index (χ1v) is 6.19. The van der Waals surface area contributed by atoms with Gasteiger partial charge >= 0.3 is 0 Å². The highest BCUT2D eigenvalue weighted by Crippen LogP contribution is 2.32. The average molecular weight is 273 g/mol. The Bertz CT molecular complexity index is 594. The Hall–Kier alpha value is -2.07. The van der Waals surface area contributed by atoms with E-state index in [-0.39, 0.29) is 0 Å². The average Bonchev–Trinajstić information content (AvgIpc) is 2.46. The fraction of sp³-hybridized carbons (Fsp3) is 0.133. The molecule has 2 aromatic carbocycles. The van der Waals surface area contributed by atoms with Crippen molar-refractivity contribution < 1.29 is 9.47 Å². The smallest absolute Gasteiger partial charge is 0.161 e. The lowest BCUT2D eigenvalue weighted by atomic mass is 10.0. The van der Waals surface area contributed by atoms with E-state index in [1.807, 2.05) is 42.5 Å². The third kappa shape index (κ3) is 2.85. The molecule has 2 rings (SSSR count). The van der Waals surface area contributed by atoms with Crippen LogP contribution >= 0.6 is 12.2 Å². The molecule has 2 N–H and O–H groups in total. The highest BCUT2D eigenvalue weighted by molar-refractivity contribution is 7.80. The molecule has 0 aliphatic rings. The monoisotopic (exact) mass is 273 g/mol. The van der Waals surface area contributed by atoms with Crippen molar-refractivity contribution in [2.75, 3.05) is 14.2 Å². The molecule has 0 bridgehead atoms. The Labute approximate surface area is 118 Å². The van der Waals surface area contributed by atoms with Crippen molar-refractivity contribution >= 4 is 17.2 Å². The van der Waals surface area contributed by atoms with Gasteiger partial charge in [-0.25, -0.2) is 0 Å². The summed E-state index contributed by atoms with van der Waals surface area (Å²) in [5.41, 5.74) is 8.56. The minimum absolute atomic E-state index is 0.402. The van der Waals surface area contributed by atoms with Gasteiger partial charge in [0.15, 0.2) is 11.5 Å². The van der Waals surface area contributed by atoms with E-state index in [0.717, 1.165) is 16.7 Å². The van der Waals surface area contributed by atoms with Crippen LogP contribution in [0.15, 0.2) is 42.5 Å². The summed E-state index contributed by atoms with van der Waals surface area (Å²) in [6.45, 7) is 0. The van der Waals surface area contributed by atoms with E-state index in [1.54, 1.807) is 14.2 Å². The molecule has 98 valence electrons. The van der Waals surface area contributed by atoms with Gasteiger partial charge < -0.3 is 15.2 Å². The highest BCUT2D eigenvalue weighted by atomic mass is 32.1. The molecule has 3 nitrogen and oxygen atoms in total. The van der Waals surface area contributed by atoms with Gasteiger partial charge in [0.1, 0.15) is 4.99 Å². The van der Waals surface area contributed by atoms with Gasteiger partial charge in [0.2, 0.25) is 0 Å². The molecule has 0 saturated carbocycles. The van der Waals surface area contributed by atoms with Crippen molar-refractivity contribution in [1.29, 1.82) is 0 Å². The molecule has 19 heavy (non-hydrogen) atoms. The SMILES string of the molecule is COc1ccc(-c2ccc(C(N)=S)cc2)cc1OC. The molecular formula is C15H15NO2S. The van der Waals surface area contributed by atoms with Gasteiger partial charge in [-0.3, -0.25) is 0 Å². The van der Waals surface area contributed by atoms with E-state index in [1.165, 1.54) is 0 Å². The zero-order valence-electron chi connectivity index (χ0n) is 10.8. The summed E-state index contributed by atoms with van der Waals surface area (Å²) in [6.07, 6.45) is 0. The number of methoxy groups -OCH3 is 2. The third-order valence-electron chi connectivity index (χ3n) is 2.89. The van der Waals surface area contributed by atoms with Crippen molar-refractivity contribution in [1.82, 2.24) is 0 Å². The molecule has 0 aliphatic carbocycles. The van der Waals surface area contributed by atoms with Crippen LogP contribution in [0, 0.1) is 0 Å². The van der Waals surface area contributed by atoms with Crippen molar-refractivity contribution in [3.05, 3.63) is 48.0 Å². The van der Waals surface area contributed by atoms with Crippen LogP contribution in [0.4, 0.5) is 0 Å². The Balaban J connectivity index is 2.38. The van der Waals surface area contributed by atoms with Gasteiger partial charge in [0.25, 0.3) is 0 Å². The van der Waals surface area contributed by atoms with E-state index in [9.17, 15) is 0 Å². The number of nitrogens with two attached hydrogens (primary N) is 1. The number of benzene rings is 2. The standard InChI is InChI=1S/C15H15NO2S/c1-17-13-8-7-12(9-14(13)18-2)10-3-5-11(6-4-10)15(16)19/h3-9H,1-2H3,(H2,16,19). The number of hydrogen-bond acceptors (Lipinski definition) is 3. The number of thiocarbonyl (C=S) groups is 1. The first-order valence-electron chi connectivity index (χ1n) is 5.78. The van der Waals surface area contributed by atoms with Gasteiger partial charge in [-0.1, -0.05) is 42.5 Å². The number of ether oxygens (including phenoxy) is 2. The van der Waals surface area contributed by atoms with E-state index in [2.05, 4.69) is 0 Å². The van der Waals surface area contributed by atoms with Crippen LogP contribution in [-0.2, 0) is 0 Å². The van der Waals surface area contributed by atoms with E-state index in [4.69, 9.17) is 27.4 Å². The molecule has 0 aromatic heterocycles. The van der Waals surface area contributed by atoms with Crippen molar-refractivity contribution in [3.8, 4) is 22.6 Å². The quantitative estimate of drug-likeness (QED) is 0.870. The Morgan fingerprint density at radius 2 is 1.47 bits per heavy atom. The van der Waals surface area contributed by atoms with Gasteiger partial charge in [-0.2, -0.15) is 0 Å². The normalized spacial score (nSPS) is 10.0. The molecule has 0 atom stereocenters. The minimum atomic E-state index is 0.402. The van der Waals surface area contributed by atoms with Crippen molar-refractivity contribution in [2.45, 2.75) is 0 Å². The summed E-state index contributed by atoms with van der Waals surface area (Å²) in [5.74, 6) is 1.42. The highest BCUT2D eigenvalue weighted by Gasteiger charge is 2.06. The van der Waals surface area contributed by atoms with Gasteiger partial charge in [0, 0.05) is 5.56 Å². The lowest BCUT2D eigenvalue weighted by molar-refractivity contribution is 0.355. The van der Waals surface area contributed by atoms with Crippen LogP contribution in [-0.4, -0.2) is 19.2 Å². The second-order valence-electron chi connectivity index (χ2n) is 4.01. The first-order chi connectivity index (χ1) is 9.15. The molecule has 0 spiro atoms. The fourth-order valence-electron chi connectivity index (χ4n) is 1.84. The van der Waals surface area contributed by atoms with Gasteiger partial charge in [-0.05, 0) is 23.3 Å². The topological polar surface area (TPSA) is 44.5 Å². The zero-order chi connectivity index (χ0) is 13.8. The summed E-state index contributed by atoms with van der Waals surface area (Å²) < 4.78 is 10.5. The molecule has 0 saturated heterocycles. The van der Waals surface area contributed by atoms with Crippen LogP contribution in [0.2, 0.25) is 0 Å². The van der Waals surface area contributed by atoms with Crippen LogP contribution in [0.25, 0.3) is 11.1 Å². The summed E-state index contributed by atoms with van der Waals surface area (Å²) in [6, 6.07) is 13.6. The minimum Gasteiger partial charge on any atom is -0.493 e. The summed E-state index contributed by atoms with van der Waals surface area (Å²) in [7, 11) is 3.24. The predicted molar refractivity (Wildman–Crippen MR) is 80.9 cm³/mol. The Morgan fingerprint density at radius 1 is 0.895 bits per heavy atom. The first kappa shape index (κ1) is 13.4. The molecular weight excluding hydrogens is 258 g/mol. The maximum Gasteiger partial charge on any atom is 0.161 e. The number of rotatable bonds is 4. The second kappa shape index (κ2) is 5.71. The molecule has 0 fully saturated rings. The molecule has 0 amide bonds. The zero-order valence-corrected chi connectivity index (χ0v) is 11.7.